The molecule has 0 bridgehead atoms. The van der Waals surface area contributed by atoms with Crippen LogP contribution in [0, 0.1) is 0 Å². The van der Waals surface area contributed by atoms with E-state index in [1.807, 2.05) is 48.5 Å². The molecule has 3 aromatic carbocycles. The molecule has 0 aliphatic rings. The van der Waals surface area contributed by atoms with Crippen molar-refractivity contribution in [2.24, 2.45) is 0 Å². The second kappa shape index (κ2) is 7.12. The van der Waals surface area contributed by atoms with E-state index in [4.69, 9.17) is 28.2 Å². The van der Waals surface area contributed by atoms with Crippen LogP contribution in [0.3, 0.4) is 0 Å². The highest BCUT2D eigenvalue weighted by atomic mass is 35.5. The fourth-order valence-electron chi connectivity index (χ4n) is 2.71. The Morgan fingerprint density at radius 1 is 0.880 bits per heavy atom. The van der Waals surface area contributed by atoms with Crippen molar-refractivity contribution in [3.05, 3.63) is 88.4 Å². The number of halogens is 2. The van der Waals surface area contributed by atoms with Crippen molar-refractivity contribution in [2.45, 2.75) is 10.9 Å². The first kappa shape index (κ1) is 16.5. The summed E-state index contributed by atoms with van der Waals surface area (Å²) in [5.74, 6) is 0.728. The predicted octanol–water partition coefficient (Wildman–Crippen LogP) is 6.62. The normalized spacial score (nSPS) is 11.1. The average Bonchev–Trinajstić information content (AvgIpc) is 3.00. The molecule has 124 valence electrons. The summed E-state index contributed by atoms with van der Waals surface area (Å²) in [5.41, 5.74) is 4.22. The quantitative estimate of drug-likeness (QED) is 0.367. The molecule has 2 nitrogen and oxygen atoms in total. The van der Waals surface area contributed by atoms with Gasteiger partial charge in [-0.1, -0.05) is 71.4 Å². The van der Waals surface area contributed by atoms with E-state index >= 15 is 0 Å². The molecule has 0 fully saturated rings. The first-order valence-corrected chi connectivity index (χ1v) is 9.56. The molecule has 4 rings (SSSR count). The highest BCUT2D eigenvalue weighted by Gasteiger charge is 2.13. The van der Waals surface area contributed by atoms with Crippen molar-refractivity contribution >= 4 is 46.0 Å². The number of hydrogen-bond donors (Lipinski definition) is 0. The Kier molecular flexibility index (Phi) is 4.71. The lowest BCUT2D eigenvalue weighted by Crippen LogP contribution is -1.96. The molecule has 0 unspecified atom stereocenters. The molecule has 0 aliphatic carbocycles. The van der Waals surface area contributed by atoms with Gasteiger partial charge in [0, 0.05) is 21.5 Å². The minimum atomic E-state index is 0.648. The van der Waals surface area contributed by atoms with Crippen molar-refractivity contribution in [1.29, 1.82) is 0 Å². The molecular weight excluding hydrogens is 371 g/mol. The fourth-order valence-corrected chi connectivity index (χ4v) is 4.29. The number of fused-ring (bicyclic) bond motifs is 1. The topological polar surface area (TPSA) is 17.8 Å². The van der Waals surface area contributed by atoms with E-state index in [1.54, 1.807) is 17.8 Å². The summed E-state index contributed by atoms with van der Waals surface area (Å²) < 4.78 is 2.18. The molecule has 0 aliphatic heterocycles. The van der Waals surface area contributed by atoms with Gasteiger partial charge < -0.3 is 0 Å². The van der Waals surface area contributed by atoms with E-state index in [1.165, 1.54) is 0 Å². The molecule has 0 spiro atoms. The van der Waals surface area contributed by atoms with Gasteiger partial charge in [0.05, 0.1) is 11.0 Å². The van der Waals surface area contributed by atoms with Crippen molar-refractivity contribution in [2.75, 3.05) is 0 Å². The Morgan fingerprint density at radius 2 is 1.64 bits per heavy atom. The lowest BCUT2D eigenvalue weighted by molar-refractivity contribution is 0.919. The van der Waals surface area contributed by atoms with Gasteiger partial charge in [0.25, 0.3) is 0 Å². The largest absolute Gasteiger partial charge is 0.287 e. The van der Waals surface area contributed by atoms with Crippen LogP contribution in [0.15, 0.2) is 78.0 Å². The minimum Gasteiger partial charge on any atom is -0.287 e. The van der Waals surface area contributed by atoms with Crippen LogP contribution in [0.4, 0.5) is 0 Å². The summed E-state index contributed by atoms with van der Waals surface area (Å²) in [7, 11) is 0. The van der Waals surface area contributed by atoms with Crippen LogP contribution in [0.2, 0.25) is 10.0 Å². The molecule has 0 saturated heterocycles. The monoisotopic (exact) mass is 384 g/mol. The van der Waals surface area contributed by atoms with Crippen LogP contribution in [0.1, 0.15) is 5.56 Å². The molecule has 4 aromatic rings. The number of imidazole rings is 1. The highest BCUT2D eigenvalue weighted by molar-refractivity contribution is 7.98. The maximum Gasteiger partial charge on any atom is 0.174 e. The third-order valence-corrected chi connectivity index (χ3v) is 5.49. The average molecular weight is 385 g/mol. The lowest BCUT2D eigenvalue weighted by Gasteiger charge is -2.09. The van der Waals surface area contributed by atoms with E-state index in [0.717, 1.165) is 33.2 Å². The van der Waals surface area contributed by atoms with Gasteiger partial charge in [0.2, 0.25) is 0 Å². The standard InChI is InChI=1S/C20H14Cl2N2S/c21-15-11-10-14(17(22)12-15)13-25-20-23-18-8-4-5-9-19(18)24(20)16-6-2-1-3-7-16/h1-12H,13H2. The maximum atomic E-state index is 6.31. The molecule has 1 heterocycles. The van der Waals surface area contributed by atoms with Gasteiger partial charge >= 0.3 is 0 Å². The van der Waals surface area contributed by atoms with Crippen LogP contribution in [-0.2, 0) is 5.75 Å². The zero-order valence-electron chi connectivity index (χ0n) is 13.2. The van der Waals surface area contributed by atoms with Gasteiger partial charge in [0.1, 0.15) is 0 Å². The minimum absolute atomic E-state index is 0.648. The molecule has 0 saturated carbocycles. The van der Waals surface area contributed by atoms with Crippen molar-refractivity contribution in [1.82, 2.24) is 9.55 Å². The molecule has 0 atom stereocenters. The van der Waals surface area contributed by atoms with Gasteiger partial charge in [-0.3, -0.25) is 4.57 Å². The second-order valence-corrected chi connectivity index (χ2v) is 7.36. The number of benzene rings is 3. The maximum absolute atomic E-state index is 6.31. The third kappa shape index (κ3) is 3.40. The number of aromatic nitrogens is 2. The number of rotatable bonds is 4. The SMILES string of the molecule is Clc1ccc(CSc2nc3ccccc3n2-c2ccccc2)c(Cl)c1. The van der Waals surface area contributed by atoms with Gasteiger partial charge in [-0.15, -0.1) is 0 Å². The van der Waals surface area contributed by atoms with Crippen LogP contribution in [0.25, 0.3) is 16.7 Å². The molecule has 0 N–H and O–H groups in total. The number of para-hydroxylation sites is 3. The predicted molar refractivity (Wildman–Crippen MR) is 107 cm³/mol. The van der Waals surface area contributed by atoms with Crippen LogP contribution in [0.5, 0.6) is 0 Å². The van der Waals surface area contributed by atoms with E-state index < -0.39 is 0 Å². The smallest absolute Gasteiger partial charge is 0.174 e. The highest BCUT2D eigenvalue weighted by Crippen LogP contribution is 2.32. The number of thioether (sulfide) groups is 1. The van der Waals surface area contributed by atoms with Crippen molar-refractivity contribution in [3.8, 4) is 5.69 Å². The Morgan fingerprint density at radius 3 is 2.44 bits per heavy atom. The fraction of sp³-hybridized carbons (Fsp3) is 0.0500. The van der Waals surface area contributed by atoms with Crippen LogP contribution >= 0.6 is 35.0 Å². The van der Waals surface area contributed by atoms with E-state index in [2.05, 4.69) is 22.8 Å². The summed E-state index contributed by atoms with van der Waals surface area (Å²) in [6.45, 7) is 0. The molecule has 25 heavy (non-hydrogen) atoms. The first-order valence-electron chi connectivity index (χ1n) is 7.82. The lowest BCUT2D eigenvalue weighted by atomic mass is 10.2. The molecule has 1 aromatic heterocycles. The Balaban J connectivity index is 1.74. The Labute approximate surface area is 160 Å². The van der Waals surface area contributed by atoms with Gasteiger partial charge in [0.15, 0.2) is 5.16 Å². The summed E-state index contributed by atoms with van der Waals surface area (Å²) in [6, 6.07) is 24.1. The van der Waals surface area contributed by atoms with Gasteiger partial charge in [-0.2, -0.15) is 0 Å². The first-order chi connectivity index (χ1) is 12.2. The van der Waals surface area contributed by atoms with Gasteiger partial charge in [-0.25, -0.2) is 4.98 Å². The van der Waals surface area contributed by atoms with Gasteiger partial charge in [-0.05, 0) is 42.0 Å². The summed E-state index contributed by atoms with van der Waals surface area (Å²) in [4.78, 5) is 4.81. The molecular formula is C20H14Cl2N2S. The number of hydrogen-bond acceptors (Lipinski definition) is 2. The van der Waals surface area contributed by atoms with Crippen molar-refractivity contribution < 1.29 is 0 Å². The Bertz CT molecular complexity index is 1030. The summed E-state index contributed by atoms with van der Waals surface area (Å²) in [5, 5.41) is 2.27. The van der Waals surface area contributed by atoms with E-state index in [-0.39, 0.29) is 0 Å². The van der Waals surface area contributed by atoms with E-state index in [9.17, 15) is 0 Å². The zero-order valence-corrected chi connectivity index (χ0v) is 15.5. The third-order valence-electron chi connectivity index (χ3n) is 3.92. The van der Waals surface area contributed by atoms with E-state index in [0.29, 0.717) is 10.0 Å². The molecule has 0 amide bonds. The zero-order chi connectivity index (χ0) is 17.2. The summed E-state index contributed by atoms with van der Waals surface area (Å²) in [6.07, 6.45) is 0. The number of nitrogens with zero attached hydrogens (tertiary/aromatic N) is 2. The second-order valence-electron chi connectivity index (χ2n) is 5.58. The van der Waals surface area contributed by atoms with Crippen LogP contribution < -0.4 is 0 Å². The molecule has 5 heteroatoms. The van der Waals surface area contributed by atoms with Crippen molar-refractivity contribution in [3.63, 3.8) is 0 Å². The molecule has 0 radical (unpaired) electrons. The summed E-state index contributed by atoms with van der Waals surface area (Å²) >= 11 is 14.0. The Hall–Kier alpha value is -1.94. The van der Waals surface area contributed by atoms with Crippen LogP contribution in [-0.4, -0.2) is 9.55 Å².